The Kier molecular flexibility index (Phi) is 5.08. The van der Waals surface area contributed by atoms with Gasteiger partial charge >= 0.3 is 0 Å². The number of rotatable bonds is 4. The van der Waals surface area contributed by atoms with Gasteiger partial charge in [0.2, 0.25) is 5.88 Å². The average molecular weight is 451 g/mol. The first-order valence-corrected chi connectivity index (χ1v) is 11.4. The van der Waals surface area contributed by atoms with Crippen molar-refractivity contribution < 1.29 is 19.1 Å². The number of piperidine rings is 2. The van der Waals surface area contributed by atoms with Gasteiger partial charge in [0.1, 0.15) is 17.4 Å². The van der Waals surface area contributed by atoms with E-state index in [-0.39, 0.29) is 34.6 Å². The molecule has 1 unspecified atom stereocenters. The molecule has 33 heavy (non-hydrogen) atoms. The molecule has 5 rings (SSSR count). The summed E-state index contributed by atoms with van der Waals surface area (Å²) in [5.74, 6) is 0.504. The first-order chi connectivity index (χ1) is 15.6. The molecule has 2 N–H and O–H groups in total. The zero-order valence-corrected chi connectivity index (χ0v) is 19.5. The Morgan fingerprint density at radius 2 is 1.88 bits per heavy atom. The van der Waals surface area contributed by atoms with Gasteiger partial charge in [-0.2, -0.15) is 0 Å². The molecule has 3 atom stereocenters. The molecule has 4 heterocycles. The minimum Gasteiger partial charge on any atom is -0.507 e. The monoisotopic (exact) mass is 450 g/mol. The summed E-state index contributed by atoms with van der Waals surface area (Å²) in [7, 11) is 3.32. The van der Waals surface area contributed by atoms with Crippen LogP contribution in [0.4, 0.5) is 0 Å². The Balaban J connectivity index is 1.36. The normalized spacial score (nSPS) is 26.8. The highest BCUT2D eigenvalue weighted by molar-refractivity contribution is 5.97. The number of phenols is 1. The molecule has 2 aromatic heterocycles. The highest BCUT2D eigenvalue weighted by Gasteiger charge is 2.46. The molecule has 2 aliphatic rings. The summed E-state index contributed by atoms with van der Waals surface area (Å²) >= 11 is 0. The molecule has 2 saturated heterocycles. The van der Waals surface area contributed by atoms with Crippen LogP contribution in [0.3, 0.4) is 0 Å². The fourth-order valence-electron chi connectivity index (χ4n) is 5.49. The Labute approximate surface area is 192 Å². The summed E-state index contributed by atoms with van der Waals surface area (Å²) in [6.45, 7) is 4.56. The van der Waals surface area contributed by atoms with Crippen molar-refractivity contribution in [1.82, 2.24) is 20.4 Å². The topological polar surface area (TPSA) is 101 Å². The van der Waals surface area contributed by atoms with Crippen molar-refractivity contribution >= 4 is 16.9 Å². The predicted octanol–water partition coefficient (Wildman–Crippen LogP) is 4.13. The number of carbonyl (C=O) groups is 1. The number of nitrogens with zero attached hydrogens (tertiary/aromatic N) is 3. The van der Waals surface area contributed by atoms with E-state index in [4.69, 9.17) is 9.15 Å². The molecule has 2 bridgehead atoms. The maximum absolute atomic E-state index is 12.2. The number of aromatic hydroxyl groups is 1. The third-order valence-corrected chi connectivity index (χ3v) is 6.87. The molecule has 174 valence electrons. The van der Waals surface area contributed by atoms with Gasteiger partial charge in [-0.3, -0.25) is 4.79 Å². The lowest BCUT2D eigenvalue weighted by molar-refractivity contribution is 0.00726. The van der Waals surface area contributed by atoms with Crippen LogP contribution >= 0.6 is 0 Å². The van der Waals surface area contributed by atoms with Crippen molar-refractivity contribution in [2.45, 2.75) is 63.1 Å². The van der Waals surface area contributed by atoms with E-state index in [0.717, 1.165) is 25.7 Å². The van der Waals surface area contributed by atoms with Gasteiger partial charge in [-0.15, -0.1) is 10.2 Å². The lowest BCUT2D eigenvalue weighted by atomic mass is 9.70. The number of furan rings is 1. The fourth-order valence-corrected chi connectivity index (χ4v) is 5.49. The van der Waals surface area contributed by atoms with E-state index in [1.165, 1.54) is 11.3 Å². The lowest BCUT2D eigenvalue weighted by Gasteiger charge is -2.53. The van der Waals surface area contributed by atoms with Gasteiger partial charge in [0, 0.05) is 55.0 Å². The minimum atomic E-state index is -0.238. The lowest BCUT2D eigenvalue weighted by Crippen LogP contribution is -2.65. The van der Waals surface area contributed by atoms with Gasteiger partial charge in [-0.25, -0.2) is 0 Å². The fraction of sp³-hybridized carbons (Fsp3) is 0.480. The van der Waals surface area contributed by atoms with E-state index in [2.05, 4.69) is 29.4 Å². The molecule has 1 amide bonds. The molecule has 8 nitrogen and oxygen atoms in total. The van der Waals surface area contributed by atoms with Gasteiger partial charge < -0.3 is 24.5 Å². The minimum absolute atomic E-state index is 0.0437. The number of carbonyl (C=O) groups excluding carboxylic acids is 1. The zero-order valence-electron chi connectivity index (χ0n) is 19.5. The van der Waals surface area contributed by atoms with Gasteiger partial charge in [0.15, 0.2) is 5.76 Å². The summed E-state index contributed by atoms with van der Waals surface area (Å²) in [6.07, 6.45) is 5.52. The highest BCUT2D eigenvalue weighted by Crippen LogP contribution is 2.41. The number of hydrogen-bond acceptors (Lipinski definition) is 7. The smallest absolute Gasteiger partial charge is 0.289 e. The SMILES string of the molecule is CN(C)C(=O)c1cc2cc(O)c(-c3ccc(OC4C[C@]5(C)CCC[C@](C)(C4)N5)nn3)cc2o1. The molecule has 1 aromatic carbocycles. The Bertz CT molecular complexity index is 1190. The van der Waals surface area contributed by atoms with Crippen molar-refractivity contribution in [3.63, 3.8) is 0 Å². The van der Waals surface area contributed by atoms with Crippen LogP contribution in [0, 0.1) is 0 Å². The van der Waals surface area contributed by atoms with Crippen LogP contribution in [0.1, 0.15) is 56.5 Å². The second-order valence-electron chi connectivity index (χ2n) is 10.2. The van der Waals surface area contributed by atoms with Crippen molar-refractivity contribution in [2.24, 2.45) is 0 Å². The van der Waals surface area contributed by atoms with E-state index in [0.29, 0.717) is 28.1 Å². The third kappa shape index (κ3) is 4.15. The maximum Gasteiger partial charge on any atom is 0.289 e. The summed E-state index contributed by atoms with van der Waals surface area (Å²) in [5.41, 5.74) is 1.68. The van der Waals surface area contributed by atoms with Crippen LogP contribution in [-0.4, -0.2) is 57.4 Å². The number of ether oxygens (including phenoxy) is 1. The van der Waals surface area contributed by atoms with Crippen LogP contribution in [0.2, 0.25) is 0 Å². The molecular weight excluding hydrogens is 420 g/mol. The highest BCUT2D eigenvalue weighted by atomic mass is 16.5. The Morgan fingerprint density at radius 1 is 1.15 bits per heavy atom. The van der Waals surface area contributed by atoms with E-state index < -0.39 is 0 Å². The van der Waals surface area contributed by atoms with Crippen LogP contribution in [0.25, 0.3) is 22.2 Å². The summed E-state index contributed by atoms with van der Waals surface area (Å²) in [6, 6.07) is 8.44. The summed E-state index contributed by atoms with van der Waals surface area (Å²) in [5, 5.41) is 23.6. The first-order valence-electron chi connectivity index (χ1n) is 11.4. The van der Waals surface area contributed by atoms with Gasteiger partial charge in [0.05, 0.1) is 5.69 Å². The third-order valence-electron chi connectivity index (χ3n) is 6.87. The van der Waals surface area contributed by atoms with Crippen LogP contribution in [0.15, 0.2) is 34.7 Å². The van der Waals surface area contributed by atoms with Crippen molar-refractivity contribution in [3.05, 3.63) is 36.1 Å². The molecule has 0 aliphatic carbocycles. The molecular formula is C25H30N4O4. The molecule has 3 aromatic rings. The number of benzene rings is 1. The van der Waals surface area contributed by atoms with E-state index in [1.807, 2.05) is 0 Å². The summed E-state index contributed by atoms with van der Waals surface area (Å²) < 4.78 is 11.9. The molecule has 2 fully saturated rings. The molecule has 2 aliphatic heterocycles. The maximum atomic E-state index is 12.2. The molecule has 0 radical (unpaired) electrons. The quantitative estimate of drug-likeness (QED) is 0.616. The number of fused-ring (bicyclic) bond motifs is 3. The molecule has 0 saturated carbocycles. The largest absolute Gasteiger partial charge is 0.507 e. The van der Waals surface area contributed by atoms with Gasteiger partial charge in [-0.1, -0.05) is 0 Å². The number of phenolic OH excluding ortho intramolecular Hbond substituents is 1. The van der Waals surface area contributed by atoms with Crippen LogP contribution in [-0.2, 0) is 0 Å². The molecule has 8 heteroatoms. The second-order valence-corrected chi connectivity index (χ2v) is 10.2. The number of hydrogen-bond donors (Lipinski definition) is 2. The van der Waals surface area contributed by atoms with Crippen molar-refractivity contribution in [1.29, 1.82) is 0 Å². The van der Waals surface area contributed by atoms with Gasteiger partial charge in [0.25, 0.3) is 5.91 Å². The van der Waals surface area contributed by atoms with E-state index in [9.17, 15) is 9.90 Å². The van der Waals surface area contributed by atoms with Crippen LogP contribution in [0.5, 0.6) is 11.6 Å². The number of amides is 1. The predicted molar refractivity (Wildman–Crippen MR) is 124 cm³/mol. The van der Waals surface area contributed by atoms with Crippen molar-refractivity contribution in [2.75, 3.05) is 14.1 Å². The first kappa shape index (κ1) is 21.7. The van der Waals surface area contributed by atoms with Crippen molar-refractivity contribution in [3.8, 4) is 22.9 Å². The number of nitrogens with one attached hydrogen (secondary N) is 1. The Morgan fingerprint density at radius 3 is 2.52 bits per heavy atom. The van der Waals surface area contributed by atoms with Gasteiger partial charge in [-0.05, 0) is 57.4 Å². The standard InChI is InChI=1S/C25H30N4O4/c1-24-8-5-9-25(2,28-24)14-16(13-24)32-22-7-6-18(26-27-22)17-12-20-15(10-19(17)30)11-21(33-20)23(31)29(3)4/h6-7,10-12,16,28,30H,5,8-9,13-14H2,1-4H3/t16?,24-,25+. The zero-order chi connectivity index (χ0) is 23.4. The molecule has 0 spiro atoms. The van der Waals surface area contributed by atoms with E-state index >= 15 is 0 Å². The number of aromatic nitrogens is 2. The van der Waals surface area contributed by atoms with Crippen LogP contribution < -0.4 is 10.1 Å². The average Bonchev–Trinajstić information content (AvgIpc) is 3.14. The van der Waals surface area contributed by atoms with E-state index in [1.54, 1.807) is 44.4 Å². The summed E-state index contributed by atoms with van der Waals surface area (Å²) in [4.78, 5) is 13.6. The Hall–Kier alpha value is -3.13. The second kappa shape index (κ2) is 7.73.